The molecule has 0 atom stereocenters. The van der Waals surface area contributed by atoms with Gasteiger partial charge in [0, 0.05) is 0 Å². The van der Waals surface area contributed by atoms with E-state index in [9.17, 15) is 0 Å². The Morgan fingerprint density at radius 1 is 1.83 bits per heavy atom. The highest BCUT2D eigenvalue weighted by Gasteiger charge is 1.71. The smallest absolute Gasteiger partial charge is 0.114 e. The summed E-state index contributed by atoms with van der Waals surface area (Å²) in [5, 5.41) is 0. The molecule has 0 aliphatic rings. The summed E-state index contributed by atoms with van der Waals surface area (Å²) in [7, 11) is 0. The average Bonchev–Trinajstić information content (AvgIpc) is 1.86. The topological polar surface area (TPSA) is 43.8 Å². The van der Waals surface area contributed by atoms with E-state index in [1.807, 2.05) is 0 Å². The van der Waals surface area contributed by atoms with Crippen LogP contribution >= 0.6 is 0 Å². The lowest BCUT2D eigenvalue weighted by molar-refractivity contribution is 0.992. The Hall–Kier alpha value is -0.990. The lowest BCUT2D eigenvalue weighted by Crippen LogP contribution is -2.03. The standard InChI is InChI=1S/C3H4N3/c4-6-2-1-5-3-6/h1,3H,4H2. The van der Waals surface area contributed by atoms with Gasteiger partial charge in [0.2, 0.25) is 0 Å². The third-order valence-corrected chi connectivity index (χ3v) is 0.472. The summed E-state index contributed by atoms with van der Waals surface area (Å²) in [5.41, 5.74) is 0. The molecular weight excluding hydrogens is 78.1 g/mol. The van der Waals surface area contributed by atoms with Crippen molar-refractivity contribution in [3.63, 3.8) is 0 Å². The normalized spacial score (nSPS) is 8.67. The number of aromatic nitrogens is 2. The molecule has 0 amide bonds. The lowest BCUT2D eigenvalue weighted by atomic mass is 11.0. The molecule has 0 aliphatic carbocycles. The number of nitrogens with two attached hydrogens (primary N) is 1. The number of hydrogen-bond donors (Lipinski definition) is 1. The van der Waals surface area contributed by atoms with Crippen molar-refractivity contribution >= 4 is 0 Å². The maximum atomic E-state index is 5.08. The van der Waals surface area contributed by atoms with E-state index in [2.05, 4.69) is 11.2 Å². The van der Waals surface area contributed by atoms with Gasteiger partial charge in [-0.3, -0.25) is 0 Å². The first-order valence-electron chi connectivity index (χ1n) is 1.55. The van der Waals surface area contributed by atoms with Crippen molar-refractivity contribution in [3.8, 4) is 0 Å². The number of nitrogens with zero attached hydrogens (tertiary/aromatic N) is 2. The van der Waals surface area contributed by atoms with E-state index in [0.29, 0.717) is 0 Å². The fraction of sp³-hybridized carbons (Fsp3) is 0. The lowest BCUT2D eigenvalue weighted by Gasteiger charge is -1.77. The molecule has 0 fully saturated rings. The van der Waals surface area contributed by atoms with Gasteiger partial charge in [0.15, 0.2) is 0 Å². The summed E-state index contributed by atoms with van der Waals surface area (Å²) in [6.07, 6.45) is 5.56. The molecule has 0 aromatic carbocycles. The molecule has 6 heavy (non-hydrogen) atoms. The molecule has 0 bridgehead atoms. The maximum Gasteiger partial charge on any atom is 0.114 e. The second-order valence-corrected chi connectivity index (χ2v) is 0.930. The van der Waals surface area contributed by atoms with E-state index in [0.717, 1.165) is 0 Å². The van der Waals surface area contributed by atoms with Crippen LogP contribution in [0.25, 0.3) is 0 Å². The minimum atomic E-state index is 1.26. The van der Waals surface area contributed by atoms with Gasteiger partial charge >= 0.3 is 0 Å². The minimum Gasteiger partial charge on any atom is -0.338 e. The molecule has 0 saturated carbocycles. The van der Waals surface area contributed by atoms with E-state index < -0.39 is 0 Å². The van der Waals surface area contributed by atoms with E-state index in [-0.39, 0.29) is 0 Å². The summed E-state index contributed by atoms with van der Waals surface area (Å²) in [5.74, 6) is 5.08. The van der Waals surface area contributed by atoms with E-state index in [1.165, 1.54) is 17.2 Å². The molecule has 0 unspecified atom stereocenters. The molecule has 1 radical (unpaired) electrons. The van der Waals surface area contributed by atoms with Gasteiger partial charge in [-0.25, -0.2) is 9.66 Å². The molecule has 0 aliphatic heterocycles. The molecule has 1 aromatic rings. The van der Waals surface area contributed by atoms with E-state index in [4.69, 9.17) is 5.84 Å². The van der Waals surface area contributed by atoms with E-state index in [1.54, 1.807) is 0 Å². The van der Waals surface area contributed by atoms with Crippen molar-refractivity contribution in [3.05, 3.63) is 18.7 Å². The molecule has 1 rings (SSSR count). The first-order valence-corrected chi connectivity index (χ1v) is 1.55. The summed E-state index contributed by atoms with van der Waals surface area (Å²) in [6, 6.07) is 0. The van der Waals surface area contributed by atoms with Crippen LogP contribution in [0.5, 0.6) is 0 Å². The molecule has 0 spiro atoms. The molecule has 3 heteroatoms. The van der Waals surface area contributed by atoms with Gasteiger partial charge in [-0.05, 0) is 0 Å². The van der Waals surface area contributed by atoms with Crippen LogP contribution in [0.15, 0.2) is 12.5 Å². The predicted molar refractivity (Wildman–Crippen MR) is 21.2 cm³/mol. The molecule has 1 aromatic heterocycles. The SMILES string of the molecule is Nn1[c]cnc1. The zero-order valence-corrected chi connectivity index (χ0v) is 3.13. The molecule has 31 valence electrons. The van der Waals surface area contributed by atoms with Crippen molar-refractivity contribution in [2.24, 2.45) is 0 Å². The van der Waals surface area contributed by atoms with E-state index >= 15 is 0 Å². The third kappa shape index (κ3) is 0.337. The molecule has 1 heterocycles. The fourth-order valence-electron chi connectivity index (χ4n) is 0.238. The van der Waals surface area contributed by atoms with Crippen molar-refractivity contribution < 1.29 is 0 Å². The number of nitrogen functional groups attached to an aromatic ring is 1. The van der Waals surface area contributed by atoms with Gasteiger partial charge in [0.25, 0.3) is 0 Å². The third-order valence-electron chi connectivity index (χ3n) is 0.472. The van der Waals surface area contributed by atoms with Gasteiger partial charge in [-0.2, -0.15) is 0 Å². The van der Waals surface area contributed by atoms with Gasteiger partial charge in [0.1, 0.15) is 12.5 Å². The molecule has 2 N–H and O–H groups in total. The maximum absolute atomic E-state index is 5.08. The number of hydrogen-bond acceptors (Lipinski definition) is 2. The summed E-state index contributed by atoms with van der Waals surface area (Å²) in [4.78, 5) is 3.60. The van der Waals surface area contributed by atoms with Crippen molar-refractivity contribution in [2.75, 3.05) is 5.84 Å². The zero-order chi connectivity index (χ0) is 4.41. The zero-order valence-electron chi connectivity index (χ0n) is 3.13. The van der Waals surface area contributed by atoms with Crippen LogP contribution in [-0.2, 0) is 0 Å². The Kier molecular flexibility index (Phi) is 0.538. The molecular formula is C3H4N3. The van der Waals surface area contributed by atoms with Gasteiger partial charge < -0.3 is 5.84 Å². The van der Waals surface area contributed by atoms with Crippen LogP contribution < -0.4 is 5.84 Å². The van der Waals surface area contributed by atoms with Crippen molar-refractivity contribution in [2.45, 2.75) is 0 Å². The second kappa shape index (κ2) is 1.01. The Balaban J connectivity index is 3.05. The number of rotatable bonds is 0. The molecule has 0 saturated heterocycles. The molecule has 3 nitrogen and oxygen atoms in total. The summed E-state index contributed by atoms with van der Waals surface area (Å²) >= 11 is 0. The predicted octanol–water partition coefficient (Wildman–Crippen LogP) is -0.603. The minimum absolute atomic E-state index is 1.26. The van der Waals surface area contributed by atoms with Gasteiger partial charge in [-0.15, -0.1) is 0 Å². The van der Waals surface area contributed by atoms with Crippen LogP contribution in [0.4, 0.5) is 0 Å². The number of imidazole rings is 1. The monoisotopic (exact) mass is 82.0 g/mol. The van der Waals surface area contributed by atoms with Gasteiger partial charge in [-0.1, -0.05) is 0 Å². The summed E-state index contributed by atoms with van der Waals surface area (Å²) in [6.45, 7) is 0. The highest BCUT2D eigenvalue weighted by Crippen LogP contribution is 1.67. The van der Waals surface area contributed by atoms with Crippen LogP contribution in [-0.4, -0.2) is 9.66 Å². The Bertz CT molecular complexity index is 110. The highest BCUT2D eigenvalue weighted by molar-refractivity contribution is 4.68. The summed E-state index contributed by atoms with van der Waals surface area (Å²) < 4.78 is 1.26. The van der Waals surface area contributed by atoms with Crippen LogP contribution in [0.2, 0.25) is 0 Å². The average molecular weight is 82.1 g/mol. The van der Waals surface area contributed by atoms with Crippen molar-refractivity contribution in [1.82, 2.24) is 9.66 Å². The largest absolute Gasteiger partial charge is 0.338 e. The van der Waals surface area contributed by atoms with Crippen molar-refractivity contribution in [1.29, 1.82) is 0 Å². The Morgan fingerprint density at radius 2 is 2.67 bits per heavy atom. The highest BCUT2D eigenvalue weighted by atomic mass is 15.3. The van der Waals surface area contributed by atoms with Crippen LogP contribution in [0.1, 0.15) is 0 Å². The second-order valence-electron chi connectivity index (χ2n) is 0.930. The quantitative estimate of drug-likeness (QED) is 0.424. The Morgan fingerprint density at radius 3 is 2.83 bits per heavy atom. The fourth-order valence-corrected chi connectivity index (χ4v) is 0.238. The van der Waals surface area contributed by atoms with Gasteiger partial charge in [0.05, 0.1) is 6.20 Å². The van der Waals surface area contributed by atoms with Crippen LogP contribution in [0.3, 0.4) is 0 Å². The first-order chi connectivity index (χ1) is 2.89. The Labute approximate surface area is 35.4 Å². The van der Waals surface area contributed by atoms with Crippen LogP contribution in [0, 0.1) is 6.20 Å². The first kappa shape index (κ1) is 3.21.